The second-order valence-corrected chi connectivity index (χ2v) is 5.84. The Bertz CT molecular complexity index is 882. The van der Waals surface area contributed by atoms with E-state index < -0.39 is 0 Å². The Balaban J connectivity index is 1.42. The topological polar surface area (TPSA) is 91.8 Å². The molecule has 27 heavy (non-hydrogen) atoms. The van der Waals surface area contributed by atoms with Crippen LogP contribution in [0.5, 0.6) is 0 Å². The number of aromatic nitrogens is 3. The monoisotopic (exact) mass is 366 g/mol. The third-order valence-corrected chi connectivity index (χ3v) is 3.66. The largest absolute Gasteiger partial charge is 0.367 e. The molecule has 3 aromatic rings. The summed E-state index contributed by atoms with van der Waals surface area (Å²) in [4.78, 5) is 16.2. The summed E-state index contributed by atoms with van der Waals surface area (Å²) in [5.74, 6) is 1.24. The van der Waals surface area contributed by atoms with E-state index in [0.29, 0.717) is 36.1 Å². The Hall–Kier alpha value is -3.55. The number of aryl methyl sites for hydroxylation is 1. The van der Waals surface area contributed by atoms with E-state index in [1.165, 1.54) is 24.3 Å². The van der Waals surface area contributed by atoms with Crippen molar-refractivity contribution in [1.29, 1.82) is 0 Å². The van der Waals surface area contributed by atoms with Crippen LogP contribution in [0.4, 0.5) is 21.8 Å². The maximum absolute atomic E-state index is 12.8. The molecule has 0 spiro atoms. The summed E-state index contributed by atoms with van der Waals surface area (Å²) in [6.45, 7) is 2.85. The van der Waals surface area contributed by atoms with E-state index in [1.807, 2.05) is 19.1 Å². The molecule has 7 nitrogen and oxygen atoms in total. The number of anilines is 3. The average molecular weight is 366 g/mol. The molecule has 3 N–H and O–H groups in total. The summed E-state index contributed by atoms with van der Waals surface area (Å²) < 4.78 is 12.8. The standard InChI is InChI=1S/C19H19FN6O/c1-13-2-7-16(23-12-13)24-18-9-8-17(25-26-18)21-10-11-22-19(27)14-3-5-15(20)6-4-14/h2-9,12H,10-11H2,1H3,(H,21,25)(H,22,27)(H,23,24,26). The van der Waals surface area contributed by atoms with Crippen LogP contribution in [-0.4, -0.2) is 34.2 Å². The highest BCUT2D eigenvalue weighted by Gasteiger charge is 2.04. The van der Waals surface area contributed by atoms with Gasteiger partial charge in [0.1, 0.15) is 17.5 Å². The van der Waals surface area contributed by atoms with Crippen molar-refractivity contribution in [2.24, 2.45) is 0 Å². The summed E-state index contributed by atoms with van der Waals surface area (Å²) in [6, 6.07) is 12.8. The molecule has 0 aliphatic rings. The van der Waals surface area contributed by atoms with Crippen molar-refractivity contribution in [3.8, 4) is 0 Å². The lowest BCUT2D eigenvalue weighted by atomic mass is 10.2. The van der Waals surface area contributed by atoms with Crippen molar-refractivity contribution in [1.82, 2.24) is 20.5 Å². The molecule has 0 aliphatic heterocycles. The van der Waals surface area contributed by atoms with Crippen LogP contribution in [0.25, 0.3) is 0 Å². The van der Waals surface area contributed by atoms with E-state index >= 15 is 0 Å². The van der Waals surface area contributed by atoms with Crippen molar-refractivity contribution in [2.75, 3.05) is 23.7 Å². The highest BCUT2D eigenvalue weighted by atomic mass is 19.1. The van der Waals surface area contributed by atoms with Crippen molar-refractivity contribution >= 4 is 23.4 Å². The van der Waals surface area contributed by atoms with Gasteiger partial charge >= 0.3 is 0 Å². The molecule has 0 fully saturated rings. The summed E-state index contributed by atoms with van der Waals surface area (Å²) in [5.41, 5.74) is 1.49. The van der Waals surface area contributed by atoms with Gasteiger partial charge in [0, 0.05) is 24.8 Å². The zero-order valence-electron chi connectivity index (χ0n) is 14.7. The molecule has 8 heteroatoms. The summed E-state index contributed by atoms with van der Waals surface area (Å²) >= 11 is 0. The number of hydrogen-bond donors (Lipinski definition) is 3. The lowest BCUT2D eigenvalue weighted by Crippen LogP contribution is -2.28. The Kier molecular flexibility index (Phi) is 5.88. The van der Waals surface area contributed by atoms with Crippen LogP contribution >= 0.6 is 0 Å². The smallest absolute Gasteiger partial charge is 0.251 e. The van der Waals surface area contributed by atoms with Gasteiger partial charge < -0.3 is 16.0 Å². The van der Waals surface area contributed by atoms with Gasteiger partial charge in [0.2, 0.25) is 0 Å². The molecule has 0 radical (unpaired) electrons. The quantitative estimate of drug-likeness (QED) is 0.557. The molecule has 0 bridgehead atoms. The summed E-state index contributed by atoms with van der Waals surface area (Å²) in [6.07, 6.45) is 1.77. The lowest BCUT2D eigenvalue weighted by molar-refractivity contribution is 0.0955. The van der Waals surface area contributed by atoms with Gasteiger partial charge in [-0.2, -0.15) is 0 Å². The molecule has 0 unspecified atom stereocenters. The highest BCUT2D eigenvalue weighted by Crippen LogP contribution is 2.12. The average Bonchev–Trinajstić information content (AvgIpc) is 2.68. The fourth-order valence-electron chi connectivity index (χ4n) is 2.24. The predicted octanol–water partition coefficient (Wildman–Crippen LogP) is 2.90. The first-order valence-electron chi connectivity index (χ1n) is 8.41. The molecular formula is C19H19FN6O. The number of nitrogens with one attached hydrogen (secondary N) is 3. The van der Waals surface area contributed by atoms with Gasteiger partial charge in [-0.25, -0.2) is 9.37 Å². The van der Waals surface area contributed by atoms with Crippen molar-refractivity contribution in [3.63, 3.8) is 0 Å². The zero-order valence-corrected chi connectivity index (χ0v) is 14.7. The van der Waals surface area contributed by atoms with Gasteiger partial charge in [0.15, 0.2) is 5.82 Å². The third-order valence-electron chi connectivity index (χ3n) is 3.66. The first kappa shape index (κ1) is 18.2. The molecule has 0 saturated carbocycles. The van der Waals surface area contributed by atoms with Crippen LogP contribution in [-0.2, 0) is 0 Å². The minimum Gasteiger partial charge on any atom is -0.367 e. The van der Waals surface area contributed by atoms with Crippen LogP contribution in [0.2, 0.25) is 0 Å². The first-order valence-corrected chi connectivity index (χ1v) is 8.41. The Morgan fingerprint density at radius 1 is 0.926 bits per heavy atom. The second kappa shape index (κ2) is 8.70. The summed E-state index contributed by atoms with van der Waals surface area (Å²) in [5, 5.41) is 17.0. The maximum atomic E-state index is 12.8. The number of benzene rings is 1. The molecular weight excluding hydrogens is 347 g/mol. The number of hydrogen-bond acceptors (Lipinski definition) is 6. The van der Waals surface area contributed by atoms with Crippen LogP contribution in [0.15, 0.2) is 54.7 Å². The van der Waals surface area contributed by atoms with E-state index in [-0.39, 0.29) is 11.7 Å². The van der Waals surface area contributed by atoms with Crippen LogP contribution in [0, 0.1) is 12.7 Å². The highest BCUT2D eigenvalue weighted by molar-refractivity contribution is 5.94. The molecule has 0 saturated heterocycles. The van der Waals surface area contributed by atoms with Crippen LogP contribution in [0.1, 0.15) is 15.9 Å². The van der Waals surface area contributed by atoms with Crippen LogP contribution < -0.4 is 16.0 Å². The second-order valence-electron chi connectivity index (χ2n) is 5.84. The number of pyridine rings is 1. The predicted molar refractivity (Wildman–Crippen MR) is 102 cm³/mol. The molecule has 1 amide bonds. The molecule has 2 aromatic heterocycles. The molecule has 1 aromatic carbocycles. The zero-order chi connectivity index (χ0) is 19.1. The van der Waals surface area contributed by atoms with Gasteiger partial charge in [0.05, 0.1) is 0 Å². The third kappa shape index (κ3) is 5.46. The van der Waals surface area contributed by atoms with Crippen molar-refractivity contribution < 1.29 is 9.18 Å². The number of amides is 1. The number of halogens is 1. The Labute approximate surface area is 156 Å². The fourth-order valence-corrected chi connectivity index (χ4v) is 2.24. The number of carbonyl (C=O) groups is 1. The SMILES string of the molecule is Cc1ccc(Nc2ccc(NCCNC(=O)c3ccc(F)cc3)nn2)nc1. The van der Waals surface area contributed by atoms with Crippen molar-refractivity contribution in [2.45, 2.75) is 6.92 Å². The fraction of sp³-hybridized carbons (Fsp3) is 0.158. The van der Waals surface area contributed by atoms with Gasteiger partial charge in [-0.3, -0.25) is 4.79 Å². The van der Waals surface area contributed by atoms with Gasteiger partial charge in [-0.15, -0.1) is 10.2 Å². The van der Waals surface area contributed by atoms with E-state index in [1.54, 1.807) is 18.3 Å². The molecule has 3 rings (SSSR count). The van der Waals surface area contributed by atoms with Gasteiger partial charge in [-0.1, -0.05) is 6.07 Å². The molecule has 0 atom stereocenters. The van der Waals surface area contributed by atoms with E-state index in [4.69, 9.17) is 0 Å². The van der Waals surface area contributed by atoms with Crippen LogP contribution in [0.3, 0.4) is 0 Å². The maximum Gasteiger partial charge on any atom is 0.251 e. The molecule has 138 valence electrons. The van der Waals surface area contributed by atoms with E-state index in [9.17, 15) is 9.18 Å². The Morgan fingerprint density at radius 3 is 2.30 bits per heavy atom. The van der Waals surface area contributed by atoms with E-state index in [2.05, 4.69) is 31.1 Å². The lowest BCUT2D eigenvalue weighted by Gasteiger charge is -2.08. The molecule has 0 aliphatic carbocycles. The number of nitrogens with zero attached hydrogens (tertiary/aromatic N) is 3. The van der Waals surface area contributed by atoms with E-state index in [0.717, 1.165) is 5.56 Å². The minimum absolute atomic E-state index is 0.256. The van der Waals surface area contributed by atoms with Crippen molar-refractivity contribution in [3.05, 3.63) is 71.7 Å². The number of rotatable bonds is 7. The minimum atomic E-state index is -0.372. The normalized spacial score (nSPS) is 10.3. The summed E-state index contributed by atoms with van der Waals surface area (Å²) in [7, 11) is 0. The number of carbonyl (C=O) groups excluding carboxylic acids is 1. The Morgan fingerprint density at radius 2 is 1.63 bits per heavy atom. The van der Waals surface area contributed by atoms with Gasteiger partial charge in [0.25, 0.3) is 5.91 Å². The first-order chi connectivity index (χ1) is 13.1. The molecule has 2 heterocycles. The van der Waals surface area contributed by atoms with Gasteiger partial charge in [-0.05, 0) is 55.0 Å².